The van der Waals surface area contributed by atoms with Crippen molar-refractivity contribution in [3.05, 3.63) is 47.9 Å². The van der Waals surface area contributed by atoms with Gasteiger partial charge in [0.05, 0.1) is 19.3 Å². The van der Waals surface area contributed by atoms with Crippen LogP contribution in [0.15, 0.2) is 30.4 Å². The van der Waals surface area contributed by atoms with Gasteiger partial charge < -0.3 is 21.9 Å². The number of hydrogen-bond acceptors (Lipinski definition) is 3. The van der Waals surface area contributed by atoms with E-state index in [1.165, 1.54) is 0 Å². The largest absolute Gasteiger partial charge is 0.493 e. The summed E-state index contributed by atoms with van der Waals surface area (Å²) in [6.45, 7) is 4.10. The maximum absolute atomic E-state index is 10.3. The molecule has 25 heavy (non-hydrogen) atoms. The average molecular weight is 461 g/mol. The predicted molar refractivity (Wildman–Crippen MR) is 98.5 cm³/mol. The zero-order chi connectivity index (χ0) is 17.5. The van der Waals surface area contributed by atoms with Crippen LogP contribution in [0.4, 0.5) is 0 Å². The van der Waals surface area contributed by atoms with Crippen LogP contribution in [-0.4, -0.2) is 28.3 Å². The summed E-state index contributed by atoms with van der Waals surface area (Å²) >= 11 is 12.4. The summed E-state index contributed by atoms with van der Waals surface area (Å²) < 4.78 is 5.84. The fourth-order valence-electron chi connectivity index (χ4n) is 3.17. The van der Waals surface area contributed by atoms with E-state index >= 15 is 0 Å². The van der Waals surface area contributed by atoms with Gasteiger partial charge in [-0.3, -0.25) is 0 Å². The normalized spacial score (nSPS) is 26.0. The molecule has 0 bridgehead atoms. The fraction of sp³-hybridized carbons (Fsp3) is 0.526. The molecule has 1 aromatic rings. The molecule has 0 amide bonds. The van der Waals surface area contributed by atoms with Crippen LogP contribution >= 0.6 is 23.2 Å². The molecule has 1 saturated carbocycles. The Morgan fingerprint density at radius 3 is 2.68 bits per heavy atom. The van der Waals surface area contributed by atoms with E-state index in [1.54, 1.807) is 18.2 Å². The maximum Gasteiger partial charge on any atom is 0.121 e. The van der Waals surface area contributed by atoms with Gasteiger partial charge in [0.15, 0.2) is 0 Å². The van der Waals surface area contributed by atoms with Crippen molar-refractivity contribution >= 4 is 23.2 Å². The molecular weight excluding hydrogens is 436 g/mol. The van der Waals surface area contributed by atoms with Gasteiger partial charge in [-0.05, 0) is 42.5 Å². The minimum absolute atomic E-state index is 0. The number of unbranched alkanes of at least 4 members (excludes halogenated alkanes) is 1. The van der Waals surface area contributed by atoms with Gasteiger partial charge in [0.1, 0.15) is 5.75 Å². The van der Waals surface area contributed by atoms with E-state index in [9.17, 15) is 10.2 Å². The van der Waals surface area contributed by atoms with E-state index in [4.69, 9.17) is 27.9 Å². The number of benzene rings is 1. The molecule has 1 aliphatic rings. The van der Waals surface area contributed by atoms with Crippen molar-refractivity contribution in [3.8, 4) is 5.75 Å². The van der Waals surface area contributed by atoms with Gasteiger partial charge in [-0.2, -0.15) is 6.42 Å². The predicted octanol–water partition coefficient (Wildman–Crippen LogP) is 4.37. The number of rotatable bonds is 8. The van der Waals surface area contributed by atoms with Crippen LogP contribution in [0.25, 0.3) is 0 Å². The second-order valence-electron chi connectivity index (χ2n) is 6.26. The van der Waals surface area contributed by atoms with Crippen LogP contribution in [0.1, 0.15) is 31.2 Å². The molecule has 0 saturated heterocycles. The topological polar surface area (TPSA) is 49.7 Å². The molecule has 0 heterocycles. The van der Waals surface area contributed by atoms with Gasteiger partial charge in [0.2, 0.25) is 0 Å². The van der Waals surface area contributed by atoms with Gasteiger partial charge >= 0.3 is 0 Å². The summed E-state index contributed by atoms with van der Waals surface area (Å²) in [7, 11) is 0. The summed E-state index contributed by atoms with van der Waals surface area (Å²) in [6.07, 6.45) is 7.02. The van der Waals surface area contributed by atoms with Gasteiger partial charge in [-0.15, -0.1) is 11.6 Å². The van der Waals surface area contributed by atoms with Crippen LogP contribution in [0.3, 0.4) is 0 Å². The first-order chi connectivity index (χ1) is 11.5. The van der Waals surface area contributed by atoms with Crippen molar-refractivity contribution in [2.45, 2.75) is 43.8 Å². The molecule has 6 heteroatoms. The fourth-order valence-corrected chi connectivity index (χ4v) is 3.89. The maximum atomic E-state index is 10.3. The molecule has 0 aromatic heterocycles. The second-order valence-corrected chi connectivity index (χ2v) is 7.26. The Bertz CT molecular complexity index is 553. The summed E-state index contributed by atoms with van der Waals surface area (Å²) in [6, 6.07) is 5.17. The van der Waals surface area contributed by atoms with Crippen molar-refractivity contribution in [1.29, 1.82) is 0 Å². The number of alkyl halides is 1. The Morgan fingerprint density at radius 2 is 2.00 bits per heavy atom. The third-order valence-electron chi connectivity index (χ3n) is 4.48. The molecule has 3 nitrogen and oxygen atoms in total. The molecule has 1 fully saturated rings. The van der Waals surface area contributed by atoms with Crippen LogP contribution in [-0.2, 0) is 39.3 Å². The van der Waals surface area contributed by atoms with Crippen molar-refractivity contribution in [3.63, 3.8) is 0 Å². The summed E-state index contributed by atoms with van der Waals surface area (Å²) in [4.78, 5) is 0. The van der Waals surface area contributed by atoms with E-state index < -0.39 is 6.10 Å². The van der Waals surface area contributed by atoms with Gasteiger partial charge in [-0.25, -0.2) is 0 Å². The first kappa shape index (κ1) is 23.4. The number of aliphatic hydroxyl groups is 2. The van der Waals surface area contributed by atoms with Gasteiger partial charge in [-0.1, -0.05) is 30.2 Å². The number of ether oxygens (including phenoxy) is 1. The number of hydrogen-bond donors (Lipinski definition) is 2. The van der Waals surface area contributed by atoms with Crippen LogP contribution < -0.4 is 4.74 Å². The molecule has 2 rings (SSSR count). The zero-order valence-electron chi connectivity index (χ0n) is 14.3. The molecule has 1 aliphatic carbocycles. The zero-order valence-corrected chi connectivity index (χ0v) is 18.6. The first-order valence-corrected chi connectivity index (χ1v) is 9.16. The van der Waals surface area contributed by atoms with E-state index in [-0.39, 0.29) is 56.5 Å². The van der Waals surface area contributed by atoms with Gasteiger partial charge in [0.25, 0.3) is 0 Å². The molecule has 2 N–H and O–H groups in total. The summed E-state index contributed by atoms with van der Waals surface area (Å²) in [5.41, 5.74) is 0.701. The van der Waals surface area contributed by atoms with E-state index in [2.05, 4.69) is 19.1 Å². The Balaban J connectivity index is 0.00000312. The minimum atomic E-state index is -0.463. The standard InChI is InChI=1S/C19H25Cl2O3.Y/c1-2-3-4-5-6-16-17(19(23)10-18(16)21)12-24-15-8-13(11-22)7-14(20)9-15;/h4-5,7-9,16-19,22-23H,1-3,6,10-12H2;/q-1;/b5-4-;/t16-,17-,18-,19-;/m1./s1. The quantitative estimate of drug-likeness (QED) is 0.344. The first-order valence-electron chi connectivity index (χ1n) is 8.34. The molecule has 0 aliphatic heterocycles. The molecule has 1 aromatic carbocycles. The Hall–Kier alpha value is 0.364. The third kappa shape index (κ3) is 7.12. The second kappa shape index (κ2) is 11.9. The Morgan fingerprint density at radius 1 is 1.24 bits per heavy atom. The smallest absolute Gasteiger partial charge is 0.121 e. The van der Waals surface area contributed by atoms with E-state index in [1.807, 2.05) is 0 Å². The molecule has 0 spiro atoms. The monoisotopic (exact) mass is 460 g/mol. The van der Waals surface area contributed by atoms with Crippen LogP contribution in [0.2, 0.25) is 5.02 Å². The number of halogens is 2. The average Bonchev–Trinajstić information content (AvgIpc) is 2.82. The van der Waals surface area contributed by atoms with E-state index in [0.717, 1.165) is 19.3 Å². The summed E-state index contributed by atoms with van der Waals surface area (Å²) in [5.74, 6) is 0.760. The summed E-state index contributed by atoms with van der Waals surface area (Å²) in [5, 5.41) is 20.0. The Labute approximate surface area is 185 Å². The van der Waals surface area contributed by atoms with Crippen LogP contribution in [0.5, 0.6) is 5.75 Å². The molecule has 4 atom stereocenters. The van der Waals surface area contributed by atoms with Crippen LogP contribution in [0, 0.1) is 18.8 Å². The Kier molecular flexibility index (Phi) is 11.2. The number of aliphatic hydroxyl groups excluding tert-OH is 2. The van der Waals surface area contributed by atoms with E-state index in [0.29, 0.717) is 29.4 Å². The molecule has 0 unspecified atom stereocenters. The molecular formula is C19H25Cl2O3Y-. The molecule has 137 valence electrons. The molecule has 1 radical (unpaired) electrons. The van der Waals surface area contributed by atoms with Crippen molar-refractivity contribution < 1.29 is 47.7 Å². The number of allylic oxidation sites excluding steroid dienone is 2. The van der Waals surface area contributed by atoms with Crippen molar-refractivity contribution in [2.75, 3.05) is 6.61 Å². The van der Waals surface area contributed by atoms with Crippen molar-refractivity contribution in [2.24, 2.45) is 11.8 Å². The van der Waals surface area contributed by atoms with Crippen molar-refractivity contribution in [1.82, 2.24) is 0 Å². The SMILES string of the molecule is [CH2-]CC/C=C\C[C@@H]1[C@@H](COc2cc(Cl)cc(CO)c2)[C@H](O)C[C@H]1Cl.[Y]. The third-order valence-corrected chi connectivity index (χ3v) is 5.20. The minimum Gasteiger partial charge on any atom is -0.493 e. The van der Waals surface area contributed by atoms with Gasteiger partial charge in [0, 0.05) is 49.0 Å².